The molecule has 10 heteroatoms. The van der Waals surface area contributed by atoms with Gasteiger partial charge in [-0.1, -0.05) is 12.1 Å². The molecule has 1 aromatic carbocycles. The number of nitro groups is 1. The third-order valence-electron chi connectivity index (χ3n) is 2.24. The average molecular weight is 304 g/mol. The molecule has 0 saturated heterocycles. The monoisotopic (exact) mass is 304 g/mol. The van der Waals surface area contributed by atoms with Crippen molar-refractivity contribution >= 4 is 22.4 Å². The molecule has 1 aromatic heterocycles. The van der Waals surface area contributed by atoms with E-state index in [1.54, 1.807) is 6.07 Å². The number of hydrogen-bond donors (Lipinski definition) is 1. The number of alkyl halides is 3. The molecular formula is C10H7F3N4O2S. The number of aromatic nitrogens is 2. The largest absolute Gasteiger partial charge is 0.452 e. The molecule has 20 heavy (non-hydrogen) atoms. The van der Waals surface area contributed by atoms with Gasteiger partial charge in [-0.15, -0.1) is 0 Å². The number of anilines is 1. The minimum Gasteiger partial charge on any atom is -0.356 e. The summed E-state index contributed by atoms with van der Waals surface area (Å²) >= 11 is 0.580. The smallest absolute Gasteiger partial charge is 0.356 e. The minimum absolute atomic E-state index is 0.00355. The summed E-state index contributed by atoms with van der Waals surface area (Å²) in [5, 5.41) is 13.2. The van der Waals surface area contributed by atoms with Crippen molar-refractivity contribution in [3.63, 3.8) is 0 Å². The Balaban J connectivity index is 2.04. The van der Waals surface area contributed by atoms with Gasteiger partial charge in [0.15, 0.2) is 0 Å². The molecule has 0 unspecified atom stereocenters. The second-order valence-electron chi connectivity index (χ2n) is 3.70. The van der Waals surface area contributed by atoms with Crippen LogP contribution in [0.4, 0.5) is 24.0 Å². The van der Waals surface area contributed by atoms with Crippen LogP contribution in [0.25, 0.3) is 0 Å². The molecule has 0 radical (unpaired) electrons. The zero-order valence-electron chi connectivity index (χ0n) is 9.72. The normalized spacial score (nSPS) is 11.3. The molecule has 0 fully saturated rings. The van der Waals surface area contributed by atoms with E-state index in [9.17, 15) is 23.3 Å². The molecule has 106 valence electrons. The molecule has 1 heterocycles. The number of non-ortho nitro benzene ring substituents is 1. The van der Waals surface area contributed by atoms with Gasteiger partial charge in [-0.25, -0.2) is 0 Å². The fraction of sp³-hybridized carbons (Fsp3) is 0.200. The second-order valence-corrected chi connectivity index (χ2v) is 4.45. The van der Waals surface area contributed by atoms with E-state index in [2.05, 4.69) is 14.7 Å². The lowest BCUT2D eigenvalue weighted by molar-refractivity contribution is -0.384. The molecule has 0 atom stereocenters. The molecule has 6 nitrogen and oxygen atoms in total. The third-order valence-corrected chi connectivity index (χ3v) is 2.92. The molecule has 2 aromatic rings. The van der Waals surface area contributed by atoms with Gasteiger partial charge in [-0.2, -0.15) is 22.5 Å². The number of nitrogens with zero attached hydrogens (tertiary/aromatic N) is 3. The van der Waals surface area contributed by atoms with E-state index in [-0.39, 0.29) is 17.4 Å². The van der Waals surface area contributed by atoms with Crippen LogP contribution in [0.1, 0.15) is 11.4 Å². The molecular weight excluding hydrogens is 297 g/mol. The lowest BCUT2D eigenvalue weighted by Gasteiger charge is -2.02. The summed E-state index contributed by atoms with van der Waals surface area (Å²) in [5.74, 6) is -1.20. The van der Waals surface area contributed by atoms with Crippen LogP contribution in [0.2, 0.25) is 0 Å². The number of nitrogens with one attached hydrogen (secondary N) is 1. The Morgan fingerprint density at radius 3 is 2.75 bits per heavy atom. The summed E-state index contributed by atoms with van der Waals surface area (Å²) in [5.41, 5.74) is 0.473. The van der Waals surface area contributed by atoms with E-state index in [1.807, 2.05) is 0 Å². The van der Waals surface area contributed by atoms with E-state index in [1.165, 1.54) is 18.2 Å². The molecule has 0 saturated carbocycles. The number of benzene rings is 1. The van der Waals surface area contributed by atoms with E-state index < -0.39 is 16.9 Å². The highest BCUT2D eigenvalue weighted by atomic mass is 32.1. The van der Waals surface area contributed by atoms with Crippen LogP contribution in [0, 0.1) is 10.1 Å². The molecule has 0 aliphatic carbocycles. The van der Waals surface area contributed by atoms with Crippen LogP contribution >= 0.6 is 11.5 Å². The summed E-state index contributed by atoms with van der Waals surface area (Å²) in [4.78, 5) is 13.3. The number of hydrogen-bond acceptors (Lipinski definition) is 6. The number of halogens is 3. The Hall–Kier alpha value is -2.23. The SMILES string of the molecule is O=[N+]([O-])c1cccc(CNc2nc(C(F)(F)F)ns2)c1. The Labute approximate surface area is 114 Å². The van der Waals surface area contributed by atoms with E-state index in [0.29, 0.717) is 17.1 Å². The van der Waals surface area contributed by atoms with Crippen molar-refractivity contribution in [1.82, 2.24) is 9.36 Å². The summed E-state index contributed by atoms with van der Waals surface area (Å²) in [6, 6.07) is 5.77. The van der Waals surface area contributed by atoms with Crippen LogP contribution in [-0.4, -0.2) is 14.3 Å². The molecule has 0 aliphatic heterocycles. The summed E-state index contributed by atoms with van der Waals surface area (Å²) < 4.78 is 40.0. The number of rotatable bonds is 4. The van der Waals surface area contributed by atoms with Crippen LogP contribution < -0.4 is 5.32 Å². The van der Waals surface area contributed by atoms with Gasteiger partial charge in [0.25, 0.3) is 5.69 Å². The molecule has 2 rings (SSSR count). The quantitative estimate of drug-likeness (QED) is 0.693. The van der Waals surface area contributed by atoms with Crippen LogP contribution in [0.3, 0.4) is 0 Å². The first-order valence-corrected chi connectivity index (χ1v) is 6.02. The van der Waals surface area contributed by atoms with Gasteiger partial charge in [0.05, 0.1) is 4.92 Å². The Morgan fingerprint density at radius 1 is 1.40 bits per heavy atom. The summed E-state index contributed by atoms with van der Waals surface area (Å²) in [7, 11) is 0. The first-order chi connectivity index (χ1) is 9.36. The molecule has 0 amide bonds. The third kappa shape index (κ3) is 3.41. The molecule has 1 N–H and O–H groups in total. The first-order valence-electron chi connectivity index (χ1n) is 5.24. The fourth-order valence-electron chi connectivity index (χ4n) is 1.37. The zero-order chi connectivity index (χ0) is 14.8. The Bertz CT molecular complexity index is 629. The molecule has 0 aliphatic rings. The minimum atomic E-state index is -4.58. The van der Waals surface area contributed by atoms with Gasteiger partial charge < -0.3 is 5.32 Å². The van der Waals surface area contributed by atoms with Crippen LogP contribution in [-0.2, 0) is 12.7 Å². The molecule has 0 spiro atoms. The highest BCUT2D eigenvalue weighted by molar-refractivity contribution is 7.09. The lowest BCUT2D eigenvalue weighted by Crippen LogP contribution is -2.07. The summed E-state index contributed by atoms with van der Waals surface area (Å²) in [6.07, 6.45) is -4.58. The fourth-order valence-corrected chi connectivity index (χ4v) is 1.95. The lowest BCUT2D eigenvalue weighted by atomic mass is 10.2. The van der Waals surface area contributed by atoms with E-state index >= 15 is 0 Å². The van der Waals surface area contributed by atoms with Crippen molar-refractivity contribution in [1.29, 1.82) is 0 Å². The number of nitro benzene ring substituents is 1. The Morgan fingerprint density at radius 2 is 2.15 bits per heavy atom. The second kappa shape index (κ2) is 5.41. The van der Waals surface area contributed by atoms with Crippen molar-refractivity contribution < 1.29 is 18.1 Å². The first kappa shape index (κ1) is 14.2. The van der Waals surface area contributed by atoms with Crippen LogP contribution in [0.15, 0.2) is 24.3 Å². The highest BCUT2D eigenvalue weighted by Gasteiger charge is 2.36. The molecule has 0 bridgehead atoms. The van der Waals surface area contributed by atoms with Crippen molar-refractivity contribution in [3.8, 4) is 0 Å². The summed E-state index contributed by atoms with van der Waals surface area (Å²) in [6.45, 7) is 0.119. The van der Waals surface area contributed by atoms with Gasteiger partial charge in [0, 0.05) is 30.2 Å². The van der Waals surface area contributed by atoms with Gasteiger partial charge in [-0.05, 0) is 5.56 Å². The topological polar surface area (TPSA) is 81.0 Å². The predicted molar refractivity (Wildman–Crippen MR) is 65.3 cm³/mol. The maximum Gasteiger partial charge on any atom is 0.452 e. The van der Waals surface area contributed by atoms with Crippen molar-refractivity contribution in [2.75, 3.05) is 5.32 Å². The van der Waals surface area contributed by atoms with E-state index in [0.717, 1.165) is 0 Å². The maximum atomic E-state index is 12.3. The van der Waals surface area contributed by atoms with Gasteiger partial charge >= 0.3 is 6.18 Å². The van der Waals surface area contributed by atoms with Crippen molar-refractivity contribution in [2.45, 2.75) is 12.7 Å². The Kier molecular flexibility index (Phi) is 3.84. The van der Waals surface area contributed by atoms with Gasteiger partial charge in [0.1, 0.15) is 0 Å². The predicted octanol–water partition coefficient (Wildman–Crippen LogP) is 3.08. The van der Waals surface area contributed by atoms with E-state index in [4.69, 9.17) is 0 Å². The van der Waals surface area contributed by atoms with Crippen molar-refractivity contribution in [3.05, 3.63) is 45.8 Å². The van der Waals surface area contributed by atoms with Gasteiger partial charge in [0.2, 0.25) is 11.0 Å². The van der Waals surface area contributed by atoms with Crippen LogP contribution in [0.5, 0.6) is 0 Å². The van der Waals surface area contributed by atoms with Gasteiger partial charge in [-0.3, -0.25) is 10.1 Å². The highest BCUT2D eigenvalue weighted by Crippen LogP contribution is 2.29. The zero-order valence-corrected chi connectivity index (χ0v) is 10.5. The van der Waals surface area contributed by atoms with Crippen molar-refractivity contribution in [2.24, 2.45) is 0 Å². The maximum absolute atomic E-state index is 12.3. The standard InChI is InChI=1S/C10H7F3N4O2S/c11-10(12,13)8-15-9(20-16-8)14-5-6-2-1-3-7(4-6)17(18)19/h1-4H,5H2,(H,14,15,16). The average Bonchev–Trinajstić information content (AvgIpc) is 2.85.